The first kappa shape index (κ1) is 9.92. The zero-order chi connectivity index (χ0) is 8.81. The van der Waals surface area contributed by atoms with Gasteiger partial charge in [0.05, 0.1) is 19.3 Å². The van der Waals surface area contributed by atoms with Crippen LogP contribution < -0.4 is 11.1 Å². The van der Waals surface area contributed by atoms with E-state index in [0.717, 1.165) is 19.4 Å². The van der Waals surface area contributed by atoms with E-state index in [1.165, 1.54) is 0 Å². The second-order valence-electron chi connectivity index (χ2n) is 3.10. The minimum Gasteiger partial charge on any atom is -0.351 e. The molecule has 0 aromatic carbocycles. The molecule has 0 bridgehead atoms. The van der Waals surface area contributed by atoms with Gasteiger partial charge in [-0.05, 0) is 26.4 Å². The van der Waals surface area contributed by atoms with E-state index in [4.69, 9.17) is 15.2 Å². The molecule has 12 heavy (non-hydrogen) atoms. The Kier molecular flexibility index (Phi) is 4.53. The van der Waals surface area contributed by atoms with Crippen LogP contribution in [0.4, 0.5) is 0 Å². The summed E-state index contributed by atoms with van der Waals surface area (Å²) in [5.74, 6) is 0. The van der Waals surface area contributed by atoms with Crippen molar-refractivity contribution in [2.45, 2.75) is 25.2 Å². The Hall–Kier alpha value is -0.160. The summed E-state index contributed by atoms with van der Waals surface area (Å²) in [6.45, 7) is 2.27. The van der Waals surface area contributed by atoms with Gasteiger partial charge in [-0.1, -0.05) is 0 Å². The quantitative estimate of drug-likeness (QED) is 0.574. The highest BCUT2D eigenvalue weighted by Gasteiger charge is 2.18. The molecule has 1 aliphatic heterocycles. The predicted octanol–water partition coefficient (Wildman–Crippen LogP) is -0.314. The SMILES string of the molecule is CNCCCC1OCC(N)CO1. The predicted molar refractivity (Wildman–Crippen MR) is 46.8 cm³/mol. The first-order chi connectivity index (χ1) is 5.83. The normalized spacial score (nSPS) is 30.5. The van der Waals surface area contributed by atoms with E-state index in [1.807, 2.05) is 7.05 Å². The Morgan fingerprint density at radius 2 is 2.08 bits per heavy atom. The third kappa shape index (κ3) is 3.49. The summed E-state index contributed by atoms with van der Waals surface area (Å²) in [6.07, 6.45) is 2.00. The van der Waals surface area contributed by atoms with Gasteiger partial charge in [0.1, 0.15) is 0 Å². The number of hydrogen-bond donors (Lipinski definition) is 2. The number of nitrogens with two attached hydrogens (primary N) is 1. The first-order valence-corrected chi connectivity index (χ1v) is 4.46. The van der Waals surface area contributed by atoms with Crippen molar-refractivity contribution in [3.05, 3.63) is 0 Å². The van der Waals surface area contributed by atoms with Crippen molar-refractivity contribution in [2.75, 3.05) is 26.8 Å². The molecule has 0 aromatic rings. The van der Waals surface area contributed by atoms with E-state index in [-0.39, 0.29) is 12.3 Å². The zero-order valence-electron chi connectivity index (χ0n) is 7.58. The highest BCUT2D eigenvalue weighted by molar-refractivity contribution is 4.64. The number of rotatable bonds is 4. The summed E-state index contributed by atoms with van der Waals surface area (Å²) in [6, 6.07) is 0.0607. The summed E-state index contributed by atoms with van der Waals surface area (Å²) in [5, 5.41) is 3.08. The van der Waals surface area contributed by atoms with Crippen LogP contribution in [0, 0.1) is 0 Å². The van der Waals surface area contributed by atoms with Gasteiger partial charge < -0.3 is 20.5 Å². The lowest BCUT2D eigenvalue weighted by atomic mass is 10.2. The van der Waals surface area contributed by atoms with E-state index in [9.17, 15) is 0 Å². The van der Waals surface area contributed by atoms with Crippen LogP contribution in [0.3, 0.4) is 0 Å². The van der Waals surface area contributed by atoms with Crippen molar-refractivity contribution in [2.24, 2.45) is 5.73 Å². The smallest absolute Gasteiger partial charge is 0.157 e. The fourth-order valence-corrected chi connectivity index (χ4v) is 1.17. The lowest BCUT2D eigenvalue weighted by Gasteiger charge is -2.27. The van der Waals surface area contributed by atoms with E-state index in [0.29, 0.717) is 13.2 Å². The van der Waals surface area contributed by atoms with Gasteiger partial charge in [-0.3, -0.25) is 0 Å². The lowest BCUT2D eigenvalue weighted by Crippen LogP contribution is -2.41. The third-order valence-electron chi connectivity index (χ3n) is 1.86. The molecule has 0 aromatic heterocycles. The fraction of sp³-hybridized carbons (Fsp3) is 1.00. The molecule has 4 nitrogen and oxygen atoms in total. The molecule has 3 N–H and O–H groups in total. The Bertz CT molecular complexity index is 114. The topological polar surface area (TPSA) is 56.5 Å². The Morgan fingerprint density at radius 3 is 2.67 bits per heavy atom. The molecule has 4 heteroatoms. The van der Waals surface area contributed by atoms with Gasteiger partial charge in [-0.15, -0.1) is 0 Å². The first-order valence-electron chi connectivity index (χ1n) is 4.46. The maximum Gasteiger partial charge on any atom is 0.157 e. The highest BCUT2D eigenvalue weighted by Crippen LogP contribution is 2.09. The van der Waals surface area contributed by atoms with Gasteiger partial charge in [0.2, 0.25) is 0 Å². The second kappa shape index (κ2) is 5.48. The van der Waals surface area contributed by atoms with Gasteiger partial charge in [0.15, 0.2) is 6.29 Å². The van der Waals surface area contributed by atoms with Crippen LogP contribution >= 0.6 is 0 Å². The number of hydrogen-bond acceptors (Lipinski definition) is 4. The monoisotopic (exact) mass is 174 g/mol. The molecule has 0 aliphatic carbocycles. The van der Waals surface area contributed by atoms with E-state index in [2.05, 4.69) is 5.32 Å². The van der Waals surface area contributed by atoms with Crippen LogP contribution in [-0.2, 0) is 9.47 Å². The molecular weight excluding hydrogens is 156 g/mol. The number of ether oxygens (including phenoxy) is 2. The Morgan fingerprint density at radius 1 is 1.42 bits per heavy atom. The highest BCUT2D eigenvalue weighted by atomic mass is 16.7. The van der Waals surface area contributed by atoms with Crippen LogP contribution in [0.25, 0.3) is 0 Å². The van der Waals surface area contributed by atoms with Gasteiger partial charge in [-0.25, -0.2) is 0 Å². The summed E-state index contributed by atoms with van der Waals surface area (Å²) in [5.41, 5.74) is 5.59. The molecule has 0 unspecified atom stereocenters. The molecular formula is C8H18N2O2. The van der Waals surface area contributed by atoms with Crippen LogP contribution in [0.5, 0.6) is 0 Å². The lowest BCUT2D eigenvalue weighted by molar-refractivity contribution is -0.188. The van der Waals surface area contributed by atoms with Crippen molar-refractivity contribution >= 4 is 0 Å². The second-order valence-corrected chi connectivity index (χ2v) is 3.10. The summed E-state index contributed by atoms with van der Waals surface area (Å²) < 4.78 is 10.7. The fourth-order valence-electron chi connectivity index (χ4n) is 1.17. The van der Waals surface area contributed by atoms with Gasteiger partial charge in [-0.2, -0.15) is 0 Å². The van der Waals surface area contributed by atoms with Gasteiger partial charge >= 0.3 is 0 Å². The van der Waals surface area contributed by atoms with E-state index >= 15 is 0 Å². The molecule has 1 aliphatic rings. The Labute approximate surface area is 73.4 Å². The minimum absolute atomic E-state index is 0.0295. The summed E-state index contributed by atoms with van der Waals surface area (Å²) in [7, 11) is 1.94. The average molecular weight is 174 g/mol. The van der Waals surface area contributed by atoms with Gasteiger partial charge in [0, 0.05) is 0 Å². The largest absolute Gasteiger partial charge is 0.351 e. The molecule has 1 heterocycles. The van der Waals surface area contributed by atoms with Crippen LogP contribution in [-0.4, -0.2) is 39.1 Å². The molecule has 72 valence electrons. The molecule has 1 saturated heterocycles. The van der Waals surface area contributed by atoms with Gasteiger partial charge in [0.25, 0.3) is 0 Å². The van der Waals surface area contributed by atoms with Crippen molar-refractivity contribution in [3.8, 4) is 0 Å². The molecule has 1 fully saturated rings. The van der Waals surface area contributed by atoms with Crippen LogP contribution in [0.15, 0.2) is 0 Å². The summed E-state index contributed by atoms with van der Waals surface area (Å²) >= 11 is 0. The number of nitrogens with one attached hydrogen (secondary N) is 1. The van der Waals surface area contributed by atoms with Crippen LogP contribution in [0.2, 0.25) is 0 Å². The molecule has 0 saturated carbocycles. The van der Waals surface area contributed by atoms with Crippen molar-refractivity contribution in [1.29, 1.82) is 0 Å². The van der Waals surface area contributed by atoms with E-state index < -0.39 is 0 Å². The standard InChI is InChI=1S/C8H18N2O2/c1-10-4-2-3-8-11-5-7(9)6-12-8/h7-8,10H,2-6,9H2,1H3. The molecule has 0 spiro atoms. The third-order valence-corrected chi connectivity index (χ3v) is 1.86. The van der Waals surface area contributed by atoms with Crippen molar-refractivity contribution in [3.63, 3.8) is 0 Å². The molecule has 0 radical (unpaired) electrons. The summed E-state index contributed by atoms with van der Waals surface area (Å²) in [4.78, 5) is 0. The van der Waals surface area contributed by atoms with Crippen molar-refractivity contribution in [1.82, 2.24) is 5.32 Å². The molecule has 0 amide bonds. The maximum absolute atomic E-state index is 5.59. The van der Waals surface area contributed by atoms with Crippen molar-refractivity contribution < 1.29 is 9.47 Å². The molecule has 0 atom stereocenters. The maximum atomic E-state index is 5.59. The van der Waals surface area contributed by atoms with Crippen LogP contribution in [0.1, 0.15) is 12.8 Å². The zero-order valence-corrected chi connectivity index (χ0v) is 7.58. The minimum atomic E-state index is -0.0295. The average Bonchev–Trinajstić information content (AvgIpc) is 2.09. The molecule has 1 rings (SSSR count). The Balaban J connectivity index is 2.01. The van der Waals surface area contributed by atoms with E-state index in [1.54, 1.807) is 0 Å².